The summed E-state index contributed by atoms with van der Waals surface area (Å²) in [4.78, 5) is 59.0. The average Bonchev–Trinajstić information content (AvgIpc) is 3.73. The molecule has 3 aliphatic heterocycles. The van der Waals surface area contributed by atoms with E-state index in [0.29, 0.717) is 50.8 Å². The quantitative estimate of drug-likeness (QED) is 0.107. The summed E-state index contributed by atoms with van der Waals surface area (Å²) in [5.41, 5.74) is 8.43. The van der Waals surface area contributed by atoms with Gasteiger partial charge in [0.1, 0.15) is 0 Å². The number of aromatic amines is 1. The van der Waals surface area contributed by atoms with Gasteiger partial charge >= 0.3 is 0 Å². The zero-order valence-electron chi connectivity index (χ0n) is 31.1. The van der Waals surface area contributed by atoms with Crippen LogP contribution in [-0.2, 0) is 52.3 Å². The van der Waals surface area contributed by atoms with Crippen molar-refractivity contribution in [2.45, 2.75) is 65.8 Å². The van der Waals surface area contributed by atoms with Crippen molar-refractivity contribution in [1.82, 2.24) is 26.3 Å². The van der Waals surface area contributed by atoms with E-state index >= 15 is 0 Å². The first kappa shape index (κ1) is 42.6. The Morgan fingerprint density at radius 2 is 1.35 bits per heavy atom. The van der Waals surface area contributed by atoms with E-state index in [1.54, 1.807) is 32.1 Å². The summed E-state index contributed by atoms with van der Waals surface area (Å²) >= 11 is 0. The number of H-pyrrole nitrogens is 1. The van der Waals surface area contributed by atoms with E-state index in [4.69, 9.17) is 14.1 Å². The molecule has 7 N–H and O–H groups in total. The molecule has 1 unspecified atom stereocenters. The van der Waals surface area contributed by atoms with Crippen LogP contribution in [0.15, 0.2) is 81.2 Å². The molecule has 0 aliphatic carbocycles. The summed E-state index contributed by atoms with van der Waals surface area (Å²) in [5.74, 6) is -2.68. The highest BCUT2D eigenvalue weighted by Gasteiger charge is 2.30. The summed E-state index contributed by atoms with van der Waals surface area (Å²) in [5, 5.41) is 10.7. The van der Waals surface area contributed by atoms with Crippen molar-refractivity contribution < 1.29 is 45.1 Å². The number of rotatable bonds is 18. The van der Waals surface area contributed by atoms with E-state index in [1.807, 2.05) is 13.8 Å². The van der Waals surface area contributed by atoms with Crippen LogP contribution in [0, 0.1) is 6.92 Å². The third kappa shape index (κ3) is 11.0. The molecular formula is C37H46N6O10S2. The van der Waals surface area contributed by atoms with Crippen molar-refractivity contribution in [1.29, 1.82) is 0 Å². The normalized spacial score (nSPS) is 19.0. The van der Waals surface area contributed by atoms with Crippen LogP contribution in [0.2, 0.25) is 0 Å². The highest BCUT2D eigenvalue weighted by atomic mass is 32.2. The molecule has 0 fully saturated rings. The molecule has 4 heterocycles. The second kappa shape index (κ2) is 17.5. The molecule has 0 spiro atoms. The maximum atomic E-state index is 12.8. The van der Waals surface area contributed by atoms with Crippen LogP contribution in [0.3, 0.4) is 0 Å². The fraction of sp³-hybridized carbons (Fsp3) is 0.378. The minimum absolute atomic E-state index is 0.0175. The van der Waals surface area contributed by atoms with Gasteiger partial charge in [-0.2, -0.15) is 16.8 Å². The number of amides is 4. The number of nitrogens with zero attached hydrogens (tertiary/aromatic N) is 1. The first-order valence-electron chi connectivity index (χ1n) is 17.4. The van der Waals surface area contributed by atoms with Gasteiger partial charge in [0.2, 0.25) is 11.8 Å². The molecule has 55 heavy (non-hydrogen) atoms. The van der Waals surface area contributed by atoms with Crippen molar-refractivity contribution in [2.24, 2.45) is 4.99 Å². The maximum absolute atomic E-state index is 12.8. The highest BCUT2D eigenvalue weighted by molar-refractivity contribution is 7.86. The standard InChI is InChI=1S/C37H46N6O10S2/c1-7-24-23(6)36(46)43-31(24)18-29-22(5)27(10-12-35(45)39-14-16-55(51,52)53)33(41-29)19-32-26(9-11-34(44)38-13-15-54(48,49)50)21(4)28(40-32)17-30-20(3)25(8-2)37(47)42-30/h7-8,17-18,33,40H,1-2,9-16,19H2,3-6H3,(H,38,44)(H,39,45)(H,42,47)(H,43,46)(H,48,49,50)(H,51,52,53)/b30-17-,31-18-. The predicted molar refractivity (Wildman–Crippen MR) is 208 cm³/mol. The Labute approximate surface area is 320 Å². The number of aromatic nitrogens is 1. The molecule has 0 saturated carbocycles. The Kier molecular flexibility index (Phi) is 13.6. The summed E-state index contributed by atoms with van der Waals surface area (Å²) in [6.45, 7) is 14.2. The van der Waals surface area contributed by atoms with Gasteiger partial charge < -0.3 is 26.3 Å². The lowest BCUT2D eigenvalue weighted by atomic mass is 9.93. The third-order valence-corrected chi connectivity index (χ3v) is 11.1. The Bertz CT molecular complexity index is 2250. The van der Waals surface area contributed by atoms with E-state index in [-0.39, 0.29) is 57.0 Å². The minimum atomic E-state index is -4.26. The number of hydrogen-bond donors (Lipinski definition) is 7. The number of aliphatic imine (C=N–C) groups is 1. The second-order valence-corrected chi connectivity index (χ2v) is 16.4. The van der Waals surface area contributed by atoms with Gasteiger partial charge in [-0.3, -0.25) is 33.3 Å². The molecule has 0 radical (unpaired) electrons. The number of carbonyl (C=O) groups excluding carboxylic acids is 4. The van der Waals surface area contributed by atoms with Gasteiger partial charge in [0.25, 0.3) is 32.1 Å². The van der Waals surface area contributed by atoms with Crippen molar-refractivity contribution in [3.05, 3.63) is 98.7 Å². The summed E-state index contributed by atoms with van der Waals surface area (Å²) in [6.07, 6.45) is 7.31. The van der Waals surface area contributed by atoms with Crippen LogP contribution >= 0.6 is 0 Å². The minimum Gasteiger partial charge on any atom is -0.358 e. The number of carbonyl (C=O) groups is 4. The highest BCUT2D eigenvalue weighted by Crippen LogP contribution is 2.33. The zero-order chi connectivity index (χ0) is 40.8. The molecule has 0 aromatic carbocycles. The number of hydrogen-bond acceptors (Lipinski definition) is 9. The topological polar surface area (TPSA) is 253 Å². The van der Waals surface area contributed by atoms with E-state index in [1.165, 1.54) is 6.08 Å². The van der Waals surface area contributed by atoms with Crippen molar-refractivity contribution in [3.8, 4) is 0 Å². The van der Waals surface area contributed by atoms with Crippen molar-refractivity contribution in [3.63, 3.8) is 0 Å². The molecule has 3 aliphatic rings. The molecule has 1 aromatic rings. The van der Waals surface area contributed by atoms with E-state index < -0.39 is 49.6 Å². The van der Waals surface area contributed by atoms with Crippen LogP contribution in [0.25, 0.3) is 6.08 Å². The van der Waals surface area contributed by atoms with Crippen molar-refractivity contribution >= 4 is 55.7 Å². The Morgan fingerprint density at radius 1 is 0.782 bits per heavy atom. The van der Waals surface area contributed by atoms with Crippen LogP contribution in [-0.4, -0.2) is 90.9 Å². The van der Waals surface area contributed by atoms with E-state index in [0.717, 1.165) is 22.3 Å². The lowest BCUT2D eigenvalue weighted by Gasteiger charge is -2.15. The lowest BCUT2D eigenvalue weighted by Crippen LogP contribution is -2.29. The fourth-order valence-electron chi connectivity index (χ4n) is 6.55. The molecule has 1 atom stereocenters. The van der Waals surface area contributed by atoms with Gasteiger partial charge in [-0.15, -0.1) is 0 Å². The molecule has 4 amide bonds. The second-order valence-electron chi connectivity index (χ2n) is 13.3. The summed E-state index contributed by atoms with van der Waals surface area (Å²) < 4.78 is 62.6. The van der Waals surface area contributed by atoms with Gasteiger partial charge in [-0.1, -0.05) is 25.3 Å². The van der Waals surface area contributed by atoms with E-state index in [9.17, 15) is 36.0 Å². The smallest absolute Gasteiger partial charge is 0.266 e. The number of allylic oxidation sites excluding steroid dienone is 4. The van der Waals surface area contributed by atoms with Crippen molar-refractivity contribution in [2.75, 3.05) is 24.6 Å². The third-order valence-electron chi connectivity index (χ3n) is 9.62. The zero-order valence-corrected chi connectivity index (χ0v) is 32.7. The molecule has 16 nitrogen and oxygen atoms in total. The van der Waals surface area contributed by atoms with Crippen LogP contribution in [0.1, 0.15) is 62.5 Å². The molecule has 0 saturated heterocycles. The van der Waals surface area contributed by atoms with Gasteiger partial charge in [0.15, 0.2) is 0 Å². The van der Waals surface area contributed by atoms with Crippen LogP contribution < -0.4 is 21.3 Å². The SMILES string of the molecule is C=CC1=C(C)/C(=C/c2[nH]c(CC3N=C(/C=C4\NC(=O)C(C)=C4C=C)C(C)=C3CCC(=O)NCCS(=O)(=O)O)c(CCC(=O)NCCS(=O)(=O)O)c2C)NC1=O. The fourth-order valence-corrected chi connectivity index (χ4v) is 7.27. The molecular weight excluding hydrogens is 753 g/mol. The monoisotopic (exact) mass is 798 g/mol. The molecule has 296 valence electrons. The summed E-state index contributed by atoms with van der Waals surface area (Å²) in [6, 6.07) is -0.520. The molecule has 18 heteroatoms. The molecule has 1 aromatic heterocycles. The Hall–Kier alpha value is -5.17. The first-order chi connectivity index (χ1) is 25.7. The first-order valence-corrected chi connectivity index (χ1v) is 20.6. The van der Waals surface area contributed by atoms with Gasteiger partial charge in [-0.05, 0) is 80.5 Å². The van der Waals surface area contributed by atoms with Crippen LogP contribution in [0.4, 0.5) is 0 Å². The predicted octanol–water partition coefficient (Wildman–Crippen LogP) is 2.22. The average molecular weight is 799 g/mol. The van der Waals surface area contributed by atoms with Gasteiger partial charge in [0, 0.05) is 66.2 Å². The van der Waals surface area contributed by atoms with E-state index in [2.05, 4.69) is 39.4 Å². The molecule has 4 rings (SSSR count). The lowest BCUT2D eigenvalue weighted by molar-refractivity contribution is -0.121. The Morgan fingerprint density at radius 3 is 1.89 bits per heavy atom. The maximum Gasteiger partial charge on any atom is 0.266 e. The largest absolute Gasteiger partial charge is 0.358 e. The van der Waals surface area contributed by atoms with Gasteiger partial charge in [0.05, 0.1) is 29.0 Å². The van der Waals surface area contributed by atoms with Crippen LogP contribution in [0.5, 0.6) is 0 Å². The van der Waals surface area contributed by atoms with Gasteiger partial charge in [-0.25, -0.2) is 0 Å². The Balaban J connectivity index is 1.71. The number of nitrogens with one attached hydrogen (secondary N) is 5. The summed E-state index contributed by atoms with van der Waals surface area (Å²) in [7, 11) is -8.53. The molecule has 0 bridgehead atoms.